The van der Waals surface area contributed by atoms with Gasteiger partial charge in [0.15, 0.2) is 6.61 Å². The van der Waals surface area contributed by atoms with Crippen LogP contribution in [-0.4, -0.2) is 32.7 Å². The predicted octanol–water partition coefficient (Wildman–Crippen LogP) is 4.72. The molecule has 7 nitrogen and oxygen atoms in total. The van der Waals surface area contributed by atoms with E-state index in [0.717, 1.165) is 21.9 Å². The van der Waals surface area contributed by atoms with Crippen molar-refractivity contribution in [1.82, 2.24) is 0 Å². The van der Waals surface area contributed by atoms with Crippen LogP contribution in [0.5, 0.6) is 11.5 Å². The van der Waals surface area contributed by atoms with Crippen molar-refractivity contribution in [3.63, 3.8) is 0 Å². The summed E-state index contributed by atoms with van der Waals surface area (Å²) in [5.74, 6) is 0.265. The second-order valence-corrected chi connectivity index (χ2v) is 7.17. The molecule has 0 fully saturated rings. The third-order valence-electron chi connectivity index (χ3n) is 5.13. The van der Waals surface area contributed by atoms with E-state index in [1.807, 2.05) is 54.6 Å². The summed E-state index contributed by atoms with van der Waals surface area (Å²) < 4.78 is 21.7. The number of aryl methyl sites for hydroxylation is 1. The molecule has 0 aliphatic carbocycles. The van der Waals surface area contributed by atoms with Gasteiger partial charge in [-0.2, -0.15) is 0 Å². The first-order valence-corrected chi connectivity index (χ1v) is 10.2. The molecule has 1 N–H and O–H groups in total. The molecule has 0 atom stereocenters. The lowest BCUT2D eigenvalue weighted by molar-refractivity contribution is -0.147. The normalized spacial score (nSPS) is 10.8. The van der Waals surface area contributed by atoms with Gasteiger partial charge in [0.25, 0.3) is 5.91 Å². The molecule has 4 aromatic rings. The van der Waals surface area contributed by atoms with Gasteiger partial charge in [-0.3, -0.25) is 9.59 Å². The number of esters is 1. The van der Waals surface area contributed by atoms with Gasteiger partial charge in [0.1, 0.15) is 22.7 Å². The van der Waals surface area contributed by atoms with Crippen LogP contribution in [0.3, 0.4) is 0 Å². The number of ether oxygens (including phenoxy) is 3. The molecule has 1 aromatic heterocycles. The Morgan fingerprint density at radius 2 is 1.62 bits per heavy atom. The molecule has 0 spiro atoms. The summed E-state index contributed by atoms with van der Waals surface area (Å²) in [4.78, 5) is 24.5. The predicted molar refractivity (Wildman–Crippen MR) is 121 cm³/mol. The number of rotatable bonds is 8. The molecule has 7 heteroatoms. The summed E-state index contributed by atoms with van der Waals surface area (Å²) in [6.45, 7) is -0.397. The van der Waals surface area contributed by atoms with Crippen LogP contribution in [0.25, 0.3) is 21.9 Å². The number of methoxy groups -OCH3 is 2. The van der Waals surface area contributed by atoms with Crippen molar-refractivity contribution >= 4 is 39.5 Å². The minimum Gasteiger partial charge on any atom is -0.496 e. The Bertz CT molecular complexity index is 1280. The maximum atomic E-state index is 12.4. The van der Waals surface area contributed by atoms with E-state index in [1.54, 1.807) is 13.2 Å². The van der Waals surface area contributed by atoms with Crippen molar-refractivity contribution in [2.75, 3.05) is 26.1 Å². The number of amides is 1. The number of fused-ring (bicyclic) bond motifs is 3. The van der Waals surface area contributed by atoms with Crippen LogP contribution >= 0.6 is 0 Å². The van der Waals surface area contributed by atoms with Crippen molar-refractivity contribution in [2.45, 2.75) is 12.8 Å². The lowest BCUT2D eigenvalue weighted by Gasteiger charge is -2.11. The van der Waals surface area contributed by atoms with E-state index >= 15 is 0 Å². The molecule has 32 heavy (non-hydrogen) atoms. The van der Waals surface area contributed by atoms with Crippen LogP contribution in [0.1, 0.15) is 12.0 Å². The molecular weight excluding hydrogens is 410 g/mol. The standard InChI is InChI=1S/C25H23NO6/c1-29-20-9-5-3-7-16(20)11-12-25(28)31-15-24(27)26-19-14-22-18(13-23(19)30-2)17-8-4-6-10-21(17)32-22/h3-10,13-14H,11-12,15H2,1-2H3,(H,26,27). The van der Waals surface area contributed by atoms with Gasteiger partial charge >= 0.3 is 5.97 Å². The zero-order valence-electron chi connectivity index (χ0n) is 17.8. The fourth-order valence-electron chi connectivity index (χ4n) is 3.57. The van der Waals surface area contributed by atoms with Gasteiger partial charge in [-0.25, -0.2) is 0 Å². The van der Waals surface area contributed by atoms with Crippen LogP contribution in [0, 0.1) is 0 Å². The van der Waals surface area contributed by atoms with E-state index in [9.17, 15) is 9.59 Å². The number of hydrogen-bond acceptors (Lipinski definition) is 6. The summed E-state index contributed by atoms with van der Waals surface area (Å²) in [6, 6.07) is 18.7. The minimum absolute atomic E-state index is 0.141. The number of anilines is 1. The SMILES string of the molecule is COc1ccccc1CCC(=O)OCC(=O)Nc1cc2oc3ccccc3c2cc1OC. The van der Waals surface area contributed by atoms with Crippen LogP contribution in [0.2, 0.25) is 0 Å². The highest BCUT2D eigenvalue weighted by Crippen LogP contribution is 2.36. The molecule has 0 aliphatic heterocycles. The molecule has 0 bridgehead atoms. The third-order valence-corrected chi connectivity index (χ3v) is 5.13. The van der Waals surface area contributed by atoms with Gasteiger partial charge in [0, 0.05) is 23.3 Å². The number of para-hydroxylation sites is 2. The van der Waals surface area contributed by atoms with E-state index in [4.69, 9.17) is 18.6 Å². The molecule has 1 amide bonds. The molecule has 0 aliphatic rings. The quantitative estimate of drug-likeness (QED) is 0.405. The van der Waals surface area contributed by atoms with Crippen molar-refractivity contribution in [2.24, 2.45) is 0 Å². The maximum Gasteiger partial charge on any atom is 0.306 e. The summed E-state index contributed by atoms with van der Waals surface area (Å²) >= 11 is 0. The molecular formula is C25H23NO6. The molecule has 164 valence electrons. The minimum atomic E-state index is -0.468. The maximum absolute atomic E-state index is 12.4. The van der Waals surface area contributed by atoms with Crippen LogP contribution in [0.4, 0.5) is 5.69 Å². The van der Waals surface area contributed by atoms with Crippen LogP contribution in [0.15, 0.2) is 65.1 Å². The van der Waals surface area contributed by atoms with E-state index in [0.29, 0.717) is 29.2 Å². The van der Waals surface area contributed by atoms with Gasteiger partial charge in [0.05, 0.1) is 19.9 Å². The van der Waals surface area contributed by atoms with E-state index < -0.39 is 18.5 Å². The lowest BCUT2D eigenvalue weighted by atomic mass is 10.1. The second-order valence-electron chi connectivity index (χ2n) is 7.17. The zero-order chi connectivity index (χ0) is 22.5. The number of carbonyl (C=O) groups excluding carboxylic acids is 2. The largest absolute Gasteiger partial charge is 0.496 e. The first kappa shape index (κ1) is 21.2. The first-order valence-electron chi connectivity index (χ1n) is 10.2. The number of furan rings is 1. The summed E-state index contributed by atoms with van der Waals surface area (Å²) in [7, 11) is 3.11. The fourth-order valence-corrected chi connectivity index (χ4v) is 3.57. The molecule has 1 heterocycles. The van der Waals surface area contributed by atoms with Crippen molar-refractivity contribution < 1.29 is 28.2 Å². The monoisotopic (exact) mass is 433 g/mol. The zero-order valence-corrected chi connectivity index (χ0v) is 17.8. The van der Waals surface area contributed by atoms with Gasteiger partial charge in [-0.15, -0.1) is 0 Å². The molecule has 3 aromatic carbocycles. The second kappa shape index (κ2) is 9.43. The van der Waals surface area contributed by atoms with E-state index in [1.165, 1.54) is 7.11 Å². The summed E-state index contributed by atoms with van der Waals surface area (Å²) in [5, 5.41) is 4.57. The summed E-state index contributed by atoms with van der Waals surface area (Å²) in [6.07, 6.45) is 0.600. The lowest BCUT2D eigenvalue weighted by Crippen LogP contribution is -2.21. The summed E-state index contributed by atoms with van der Waals surface area (Å²) in [5.41, 5.74) is 2.71. The van der Waals surface area contributed by atoms with E-state index in [2.05, 4.69) is 5.32 Å². The van der Waals surface area contributed by atoms with Crippen molar-refractivity contribution in [1.29, 1.82) is 0 Å². The molecule has 0 saturated heterocycles. The Morgan fingerprint density at radius 3 is 2.44 bits per heavy atom. The Labute approximate surface area is 184 Å². The van der Waals surface area contributed by atoms with Crippen molar-refractivity contribution in [3.8, 4) is 11.5 Å². The average molecular weight is 433 g/mol. The highest BCUT2D eigenvalue weighted by atomic mass is 16.5. The highest BCUT2D eigenvalue weighted by Gasteiger charge is 2.15. The Morgan fingerprint density at radius 1 is 0.875 bits per heavy atom. The third kappa shape index (κ3) is 4.51. The topological polar surface area (TPSA) is 87.0 Å². The highest BCUT2D eigenvalue weighted by molar-refractivity contribution is 6.07. The van der Waals surface area contributed by atoms with Crippen LogP contribution in [-0.2, 0) is 20.7 Å². The Kier molecular flexibility index (Phi) is 6.26. The smallest absolute Gasteiger partial charge is 0.306 e. The number of benzene rings is 3. The Balaban J connectivity index is 1.38. The average Bonchev–Trinajstić information content (AvgIpc) is 3.18. The molecule has 0 unspecified atom stereocenters. The number of carbonyl (C=O) groups is 2. The van der Waals surface area contributed by atoms with Gasteiger partial charge < -0.3 is 23.9 Å². The van der Waals surface area contributed by atoms with Gasteiger partial charge in [-0.1, -0.05) is 36.4 Å². The van der Waals surface area contributed by atoms with Crippen LogP contribution < -0.4 is 14.8 Å². The molecule has 0 saturated carbocycles. The number of hydrogen-bond donors (Lipinski definition) is 1. The van der Waals surface area contributed by atoms with E-state index in [-0.39, 0.29) is 6.42 Å². The first-order chi connectivity index (χ1) is 15.6. The van der Waals surface area contributed by atoms with Gasteiger partial charge in [0.2, 0.25) is 0 Å². The molecule has 4 rings (SSSR count). The Hall–Kier alpha value is -4.00. The van der Waals surface area contributed by atoms with Crippen molar-refractivity contribution in [3.05, 3.63) is 66.2 Å². The fraction of sp³-hybridized carbons (Fsp3) is 0.200. The molecule has 0 radical (unpaired) electrons. The van der Waals surface area contributed by atoms with Gasteiger partial charge in [-0.05, 0) is 30.2 Å². The number of nitrogens with one attached hydrogen (secondary N) is 1.